The lowest BCUT2D eigenvalue weighted by molar-refractivity contribution is -0.120. The summed E-state index contributed by atoms with van der Waals surface area (Å²) in [7, 11) is 0. The number of hydrogen-bond acceptors (Lipinski definition) is 3. The van der Waals surface area contributed by atoms with Crippen molar-refractivity contribution in [1.82, 2.24) is 15.2 Å². The van der Waals surface area contributed by atoms with E-state index in [0.29, 0.717) is 13.1 Å². The lowest BCUT2D eigenvalue weighted by atomic mass is 9.88. The summed E-state index contributed by atoms with van der Waals surface area (Å²) >= 11 is 0. The molecule has 0 radical (unpaired) electrons. The summed E-state index contributed by atoms with van der Waals surface area (Å²) in [5, 5.41) is 2.96. The molecule has 6 heteroatoms. The highest BCUT2D eigenvalue weighted by molar-refractivity contribution is 5.94. The smallest absolute Gasteiger partial charge is 0.256 e. The largest absolute Gasteiger partial charge is 0.348 e. The third-order valence-corrected chi connectivity index (χ3v) is 4.69. The van der Waals surface area contributed by atoms with Crippen LogP contribution in [0.4, 0.5) is 4.39 Å². The Morgan fingerprint density at radius 3 is 2.69 bits per heavy atom. The Balaban J connectivity index is 1.80. The van der Waals surface area contributed by atoms with E-state index < -0.39 is 5.82 Å². The fourth-order valence-electron chi connectivity index (χ4n) is 3.48. The van der Waals surface area contributed by atoms with Crippen LogP contribution in [0.15, 0.2) is 48.7 Å². The van der Waals surface area contributed by atoms with Gasteiger partial charge in [-0.25, -0.2) is 4.39 Å². The lowest BCUT2D eigenvalue weighted by Crippen LogP contribution is -2.45. The van der Waals surface area contributed by atoms with Crippen LogP contribution < -0.4 is 5.32 Å². The highest BCUT2D eigenvalue weighted by atomic mass is 19.1. The van der Waals surface area contributed by atoms with Crippen molar-refractivity contribution < 1.29 is 14.0 Å². The lowest BCUT2D eigenvalue weighted by Gasteiger charge is -2.37. The van der Waals surface area contributed by atoms with E-state index in [2.05, 4.69) is 10.3 Å². The molecule has 5 nitrogen and oxygen atoms in total. The second kappa shape index (κ2) is 8.08. The zero-order valence-electron chi connectivity index (χ0n) is 14.7. The number of amides is 2. The van der Waals surface area contributed by atoms with E-state index in [9.17, 15) is 14.0 Å². The molecule has 2 atom stereocenters. The summed E-state index contributed by atoms with van der Waals surface area (Å²) in [5.41, 5.74) is 0.856. The molecule has 136 valence electrons. The van der Waals surface area contributed by atoms with Crippen LogP contribution in [-0.2, 0) is 4.79 Å². The molecule has 1 aromatic carbocycles. The van der Waals surface area contributed by atoms with Crippen LogP contribution in [0.2, 0.25) is 0 Å². The number of benzene rings is 1. The van der Waals surface area contributed by atoms with Crippen molar-refractivity contribution in [3.63, 3.8) is 0 Å². The standard InChI is InChI=1S/C20H22FN3O2/c1-14(25)23-19(18-10-4-5-11-22-18)15-7-6-12-24(13-15)20(26)16-8-2-3-9-17(16)21/h2-5,8-11,15,19H,6-7,12-13H2,1H3,(H,23,25)/t15-,19+/m0/s1. The van der Waals surface area contributed by atoms with Gasteiger partial charge in [0.05, 0.1) is 17.3 Å². The maximum absolute atomic E-state index is 14.0. The van der Waals surface area contributed by atoms with E-state index in [0.717, 1.165) is 18.5 Å². The van der Waals surface area contributed by atoms with Gasteiger partial charge in [-0.3, -0.25) is 14.6 Å². The number of nitrogens with zero attached hydrogens (tertiary/aromatic N) is 2. The molecule has 2 amide bonds. The number of carbonyl (C=O) groups excluding carboxylic acids is 2. The van der Waals surface area contributed by atoms with E-state index in [4.69, 9.17) is 0 Å². The van der Waals surface area contributed by atoms with Gasteiger partial charge in [0.1, 0.15) is 5.82 Å². The third kappa shape index (κ3) is 4.07. The van der Waals surface area contributed by atoms with Crippen LogP contribution in [-0.4, -0.2) is 34.8 Å². The molecule has 2 aromatic rings. The fraction of sp³-hybridized carbons (Fsp3) is 0.350. The molecule has 3 rings (SSSR count). The molecule has 1 fully saturated rings. The molecular formula is C20H22FN3O2. The van der Waals surface area contributed by atoms with E-state index in [1.54, 1.807) is 23.2 Å². The first-order valence-corrected chi connectivity index (χ1v) is 8.78. The van der Waals surface area contributed by atoms with Crippen LogP contribution >= 0.6 is 0 Å². The number of aromatic nitrogens is 1. The van der Waals surface area contributed by atoms with E-state index in [1.807, 2.05) is 18.2 Å². The topological polar surface area (TPSA) is 62.3 Å². The second-order valence-electron chi connectivity index (χ2n) is 6.57. The van der Waals surface area contributed by atoms with E-state index >= 15 is 0 Å². The molecular weight excluding hydrogens is 333 g/mol. The molecule has 1 saturated heterocycles. The SMILES string of the molecule is CC(=O)N[C@@H](c1ccccn1)[C@H]1CCCN(C(=O)c2ccccc2F)C1. The van der Waals surface area contributed by atoms with Crippen molar-refractivity contribution in [3.8, 4) is 0 Å². The van der Waals surface area contributed by atoms with Crippen molar-refractivity contribution in [2.24, 2.45) is 5.92 Å². The number of likely N-dealkylation sites (tertiary alicyclic amines) is 1. The van der Waals surface area contributed by atoms with Crippen molar-refractivity contribution in [2.75, 3.05) is 13.1 Å². The van der Waals surface area contributed by atoms with Crippen molar-refractivity contribution in [2.45, 2.75) is 25.8 Å². The predicted molar refractivity (Wildman–Crippen MR) is 95.8 cm³/mol. The predicted octanol–water partition coefficient (Wildman–Crippen LogP) is 2.95. The number of pyridine rings is 1. The Morgan fingerprint density at radius 1 is 1.23 bits per heavy atom. The molecule has 0 unspecified atom stereocenters. The van der Waals surface area contributed by atoms with Gasteiger partial charge < -0.3 is 10.2 Å². The zero-order chi connectivity index (χ0) is 18.5. The highest BCUT2D eigenvalue weighted by Gasteiger charge is 2.32. The van der Waals surface area contributed by atoms with Gasteiger partial charge in [-0.05, 0) is 37.1 Å². The van der Waals surface area contributed by atoms with Gasteiger partial charge in [0, 0.05) is 32.1 Å². The maximum atomic E-state index is 14.0. The second-order valence-corrected chi connectivity index (χ2v) is 6.57. The van der Waals surface area contributed by atoms with Gasteiger partial charge in [-0.1, -0.05) is 18.2 Å². The highest BCUT2D eigenvalue weighted by Crippen LogP contribution is 2.30. The summed E-state index contributed by atoms with van der Waals surface area (Å²) in [5.74, 6) is -0.936. The summed E-state index contributed by atoms with van der Waals surface area (Å²) in [6.45, 7) is 2.51. The Labute approximate surface area is 152 Å². The minimum absolute atomic E-state index is 0.0262. The first-order valence-electron chi connectivity index (χ1n) is 8.78. The molecule has 1 N–H and O–H groups in total. The molecule has 0 spiro atoms. The average Bonchev–Trinajstić information content (AvgIpc) is 2.66. The van der Waals surface area contributed by atoms with Gasteiger partial charge in [0.25, 0.3) is 5.91 Å². The molecule has 26 heavy (non-hydrogen) atoms. The molecule has 0 aliphatic carbocycles. The average molecular weight is 355 g/mol. The number of nitrogens with one attached hydrogen (secondary N) is 1. The molecule has 1 aliphatic heterocycles. The van der Waals surface area contributed by atoms with Crippen LogP contribution in [0.25, 0.3) is 0 Å². The van der Waals surface area contributed by atoms with Gasteiger partial charge in [0.2, 0.25) is 5.91 Å². The monoisotopic (exact) mass is 355 g/mol. The Bertz CT molecular complexity index is 782. The van der Waals surface area contributed by atoms with Gasteiger partial charge in [-0.15, -0.1) is 0 Å². The normalized spacial score (nSPS) is 18.2. The van der Waals surface area contributed by atoms with Gasteiger partial charge in [-0.2, -0.15) is 0 Å². The summed E-state index contributed by atoms with van der Waals surface area (Å²) in [4.78, 5) is 30.5. The first-order chi connectivity index (χ1) is 12.6. The molecule has 2 heterocycles. The first kappa shape index (κ1) is 18.0. The molecule has 0 bridgehead atoms. The Kier molecular flexibility index (Phi) is 5.61. The number of piperidine rings is 1. The summed E-state index contributed by atoms with van der Waals surface area (Å²) < 4.78 is 14.0. The molecule has 1 aromatic heterocycles. The van der Waals surface area contributed by atoms with Crippen molar-refractivity contribution in [1.29, 1.82) is 0 Å². The number of carbonyl (C=O) groups is 2. The summed E-state index contributed by atoms with van der Waals surface area (Å²) in [6.07, 6.45) is 3.35. The Morgan fingerprint density at radius 2 is 2.00 bits per heavy atom. The van der Waals surface area contributed by atoms with Crippen LogP contribution in [0.5, 0.6) is 0 Å². The number of hydrogen-bond donors (Lipinski definition) is 1. The number of rotatable bonds is 4. The summed E-state index contributed by atoms with van der Waals surface area (Å²) in [6, 6.07) is 11.3. The van der Waals surface area contributed by atoms with E-state index in [-0.39, 0.29) is 29.3 Å². The van der Waals surface area contributed by atoms with E-state index in [1.165, 1.54) is 19.1 Å². The maximum Gasteiger partial charge on any atom is 0.256 e. The number of halogens is 1. The third-order valence-electron chi connectivity index (χ3n) is 4.69. The Hall–Kier alpha value is -2.76. The molecule has 1 aliphatic rings. The molecule has 0 saturated carbocycles. The fourth-order valence-corrected chi connectivity index (χ4v) is 3.48. The quantitative estimate of drug-likeness (QED) is 0.917. The van der Waals surface area contributed by atoms with Crippen molar-refractivity contribution >= 4 is 11.8 Å². The van der Waals surface area contributed by atoms with Crippen molar-refractivity contribution in [3.05, 3.63) is 65.7 Å². The van der Waals surface area contributed by atoms with Gasteiger partial charge >= 0.3 is 0 Å². The minimum atomic E-state index is -0.511. The van der Waals surface area contributed by atoms with Gasteiger partial charge in [0.15, 0.2) is 0 Å². The van der Waals surface area contributed by atoms with Crippen LogP contribution in [0, 0.1) is 11.7 Å². The zero-order valence-corrected chi connectivity index (χ0v) is 14.7. The van der Waals surface area contributed by atoms with Crippen LogP contribution in [0.1, 0.15) is 41.9 Å². The van der Waals surface area contributed by atoms with Crippen LogP contribution in [0.3, 0.4) is 0 Å². The minimum Gasteiger partial charge on any atom is -0.348 e.